The van der Waals surface area contributed by atoms with Crippen LogP contribution in [0.2, 0.25) is 0 Å². The van der Waals surface area contributed by atoms with E-state index in [0.29, 0.717) is 12.4 Å². The summed E-state index contributed by atoms with van der Waals surface area (Å²) in [6.07, 6.45) is 5.14. The number of hydrogen-bond acceptors (Lipinski definition) is 4. The fourth-order valence-corrected chi connectivity index (χ4v) is 1.91. The molecule has 5 heteroatoms. The van der Waals surface area contributed by atoms with Crippen molar-refractivity contribution in [1.82, 2.24) is 9.80 Å². The summed E-state index contributed by atoms with van der Waals surface area (Å²) in [5.41, 5.74) is 5.49. The number of nitrogens with zero attached hydrogens (tertiary/aromatic N) is 2. The van der Waals surface area contributed by atoms with Gasteiger partial charge in [-0.25, -0.2) is 4.39 Å². The molecule has 0 radical (unpaired) electrons. The monoisotopic (exact) mass is 265 g/mol. The largest absolute Gasteiger partial charge is 0.492 e. The van der Waals surface area contributed by atoms with E-state index in [-0.39, 0.29) is 5.82 Å². The molecule has 1 aliphatic rings. The molecule has 0 aliphatic carbocycles. The van der Waals surface area contributed by atoms with Crippen molar-refractivity contribution in [3.05, 3.63) is 42.5 Å². The van der Waals surface area contributed by atoms with Gasteiger partial charge in [-0.15, -0.1) is 0 Å². The quantitative estimate of drug-likeness (QED) is 0.813. The molecule has 19 heavy (non-hydrogen) atoms. The normalized spacial score (nSPS) is 14.2. The van der Waals surface area contributed by atoms with Crippen LogP contribution < -0.4 is 10.5 Å². The summed E-state index contributed by atoms with van der Waals surface area (Å²) in [6.45, 7) is 3.99. The Bertz CT molecular complexity index is 408. The number of ether oxygens (including phenoxy) is 1. The highest BCUT2D eigenvalue weighted by atomic mass is 19.1. The average Bonchev–Trinajstić information content (AvgIpc) is 2.87. The lowest BCUT2D eigenvalue weighted by molar-refractivity contribution is 0.217. The Morgan fingerprint density at radius 3 is 2.47 bits per heavy atom. The summed E-state index contributed by atoms with van der Waals surface area (Å²) in [5.74, 6) is 0.454. The van der Waals surface area contributed by atoms with Crippen molar-refractivity contribution in [2.24, 2.45) is 5.73 Å². The molecule has 4 nitrogen and oxygen atoms in total. The summed E-state index contributed by atoms with van der Waals surface area (Å²) < 4.78 is 18.3. The highest BCUT2D eigenvalue weighted by Gasteiger charge is 2.11. The van der Waals surface area contributed by atoms with E-state index < -0.39 is 0 Å². The Morgan fingerprint density at radius 2 is 1.79 bits per heavy atom. The van der Waals surface area contributed by atoms with Gasteiger partial charge in [-0.05, 0) is 37.2 Å². The maximum atomic E-state index is 12.7. The van der Waals surface area contributed by atoms with E-state index in [1.807, 2.05) is 0 Å². The first-order chi connectivity index (χ1) is 9.28. The van der Waals surface area contributed by atoms with Crippen molar-refractivity contribution >= 4 is 0 Å². The lowest BCUT2D eigenvalue weighted by Gasteiger charge is -2.21. The van der Waals surface area contributed by atoms with Crippen molar-refractivity contribution in [3.8, 4) is 5.75 Å². The van der Waals surface area contributed by atoms with Gasteiger partial charge in [-0.2, -0.15) is 0 Å². The van der Waals surface area contributed by atoms with Crippen molar-refractivity contribution in [2.45, 2.75) is 6.42 Å². The van der Waals surface area contributed by atoms with E-state index in [1.165, 1.54) is 12.1 Å². The Morgan fingerprint density at radius 1 is 1.11 bits per heavy atom. The molecule has 2 rings (SSSR count). The summed E-state index contributed by atoms with van der Waals surface area (Å²) in [4.78, 5) is 4.41. The second kappa shape index (κ2) is 6.99. The number of nitrogens with two attached hydrogens (primary N) is 1. The number of rotatable bonds is 7. The van der Waals surface area contributed by atoms with Crippen LogP contribution in [0, 0.1) is 5.82 Å². The maximum absolute atomic E-state index is 12.7. The minimum absolute atomic E-state index is 0.245. The molecule has 1 aromatic carbocycles. The molecular weight excluding hydrogens is 245 g/mol. The molecule has 0 amide bonds. The van der Waals surface area contributed by atoms with Crippen molar-refractivity contribution < 1.29 is 9.13 Å². The van der Waals surface area contributed by atoms with Gasteiger partial charge in [0.15, 0.2) is 0 Å². The average molecular weight is 265 g/mol. The minimum atomic E-state index is -0.245. The molecule has 0 fully saturated rings. The second-order valence-corrected chi connectivity index (χ2v) is 4.51. The van der Waals surface area contributed by atoms with Gasteiger partial charge < -0.3 is 20.3 Å². The van der Waals surface area contributed by atoms with Crippen LogP contribution in [-0.4, -0.2) is 42.7 Å². The van der Waals surface area contributed by atoms with Gasteiger partial charge in [0.2, 0.25) is 0 Å². The molecule has 104 valence electrons. The molecule has 0 spiro atoms. The first-order valence-corrected chi connectivity index (χ1v) is 6.53. The first kappa shape index (κ1) is 13.7. The zero-order chi connectivity index (χ0) is 13.5. The van der Waals surface area contributed by atoms with Crippen molar-refractivity contribution in [2.75, 3.05) is 32.9 Å². The highest BCUT2D eigenvalue weighted by molar-refractivity contribution is 5.21. The van der Waals surface area contributed by atoms with Crippen molar-refractivity contribution in [3.63, 3.8) is 0 Å². The van der Waals surface area contributed by atoms with Gasteiger partial charge in [-0.3, -0.25) is 0 Å². The van der Waals surface area contributed by atoms with Gasteiger partial charge >= 0.3 is 0 Å². The molecule has 0 saturated carbocycles. The zero-order valence-corrected chi connectivity index (χ0v) is 11.0. The summed E-state index contributed by atoms with van der Waals surface area (Å²) in [5, 5.41) is 0. The summed E-state index contributed by atoms with van der Waals surface area (Å²) in [7, 11) is 0. The van der Waals surface area contributed by atoms with Gasteiger partial charge in [0.1, 0.15) is 18.2 Å². The van der Waals surface area contributed by atoms with Crippen LogP contribution in [0.1, 0.15) is 6.42 Å². The zero-order valence-electron chi connectivity index (χ0n) is 11.0. The van der Waals surface area contributed by atoms with Crippen LogP contribution in [0.15, 0.2) is 36.7 Å². The predicted octanol–water partition coefficient (Wildman–Crippen LogP) is 1.60. The summed E-state index contributed by atoms with van der Waals surface area (Å²) >= 11 is 0. The minimum Gasteiger partial charge on any atom is -0.492 e. The van der Waals surface area contributed by atoms with E-state index in [9.17, 15) is 4.39 Å². The Labute approximate surface area is 113 Å². The van der Waals surface area contributed by atoms with Crippen LogP contribution in [0.25, 0.3) is 0 Å². The van der Waals surface area contributed by atoms with Crippen LogP contribution in [-0.2, 0) is 0 Å². The molecule has 1 heterocycles. The summed E-state index contributed by atoms with van der Waals surface area (Å²) in [6, 6.07) is 6.09. The first-order valence-electron chi connectivity index (χ1n) is 6.53. The fourth-order valence-electron chi connectivity index (χ4n) is 1.91. The molecule has 0 unspecified atom stereocenters. The van der Waals surface area contributed by atoms with Crippen LogP contribution in [0.4, 0.5) is 4.39 Å². The van der Waals surface area contributed by atoms with Crippen LogP contribution in [0.5, 0.6) is 5.75 Å². The van der Waals surface area contributed by atoms with Crippen LogP contribution >= 0.6 is 0 Å². The molecule has 0 aromatic heterocycles. The highest BCUT2D eigenvalue weighted by Crippen LogP contribution is 2.11. The fraction of sp³-hybridized carbons (Fsp3) is 0.429. The lowest BCUT2D eigenvalue weighted by Crippen LogP contribution is -2.29. The number of hydrogen-bond donors (Lipinski definition) is 1. The molecule has 2 N–H and O–H groups in total. The Balaban J connectivity index is 1.64. The SMILES string of the molecule is NCCCN1C=CN(CCOc2ccc(F)cc2)C1. The van der Waals surface area contributed by atoms with E-state index in [0.717, 1.165) is 32.7 Å². The lowest BCUT2D eigenvalue weighted by atomic mass is 10.3. The Kier molecular flexibility index (Phi) is 5.03. The number of benzene rings is 1. The van der Waals surface area contributed by atoms with E-state index in [4.69, 9.17) is 10.5 Å². The van der Waals surface area contributed by atoms with Gasteiger partial charge in [0.05, 0.1) is 13.2 Å². The number of halogens is 1. The topological polar surface area (TPSA) is 41.7 Å². The standard InChI is InChI=1S/C14H20FN3O/c15-13-2-4-14(5-3-13)19-11-10-18-9-8-17(12-18)7-1-6-16/h2-5,8-9H,1,6-7,10-12,16H2. The smallest absolute Gasteiger partial charge is 0.123 e. The third-order valence-electron chi connectivity index (χ3n) is 2.96. The van der Waals surface area contributed by atoms with E-state index in [2.05, 4.69) is 22.2 Å². The second-order valence-electron chi connectivity index (χ2n) is 4.51. The van der Waals surface area contributed by atoms with Gasteiger partial charge in [-0.1, -0.05) is 0 Å². The van der Waals surface area contributed by atoms with Gasteiger partial charge in [0, 0.05) is 18.9 Å². The maximum Gasteiger partial charge on any atom is 0.123 e. The molecule has 0 bridgehead atoms. The predicted molar refractivity (Wildman–Crippen MR) is 73.0 cm³/mol. The van der Waals surface area contributed by atoms with Crippen molar-refractivity contribution in [1.29, 1.82) is 0 Å². The molecule has 1 aromatic rings. The molecular formula is C14H20FN3O. The molecule has 0 saturated heterocycles. The van der Waals surface area contributed by atoms with Crippen LogP contribution in [0.3, 0.4) is 0 Å². The Hall–Kier alpha value is -1.75. The molecule has 1 aliphatic heterocycles. The molecule has 0 atom stereocenters. The third kappa shape index (κ3) is 4.44. The van der Waals surface area contributed by atoms with E-state index >= 15 is 0 Å². The van der Waals surface area contributed by atoms with Gasteiger partial charge in [0.25, 0.3) is 0 Å². The third-order valence-corrected chi connectivity index (χ3v) is 2.96. The van der Waals surface area contributed by atoms with E-state index in [1.54, 1.807) is 12.1 Å².